The van der Waals surface area contributed by atoms with E-state index in [1.807, 2.05) is 44.4 Å². The fourth-order valence-electron chi connectivity index (χ4n) is 3.28. The zero-order valence-electron chi connectivity index (χ0n) is 18.7. The Bertz CT molecular complexity index is 1400. The Morgan fingerprint density at radius 3 is 2.41 bits per heavy atom. The van der Waals surface area contributed by atoms with Gasteiger partial charge >= 0.3 is 5.69 Å². The fourth-order valence-corrected chi connectivity index (χ4v) is 5.12. The minimum Gasteiger partial charge on any atom is -0.280 e. The van der Waals surface area contributed by atoms with Crippen LogP contribution in [0.1, 0.15) is 42.9 Å². The maximum atomic E-state index is 12.9. The average Bonchev–Trinajstić information content (AvgIpc) is 3.21. The topological polar surface area (TPSA) is 82.7 Å². The van der Waals surface area contributed by atoms with E-state index in [0.29, 0.717) is 27.6 Å². The molecule has 0 aliphatic carbocycles. The highest BCUT2D eigenvalue weighted by atomic mass is 32.2. The van der Waals surface area contributed by atoms with E-state index in [0.717, 1.165) is 21.7 Å². The second-order valence-electron chi connectivity index (χ2n) is 8.69. The first-order valence-electron chi connectivity index (χ1n) is 10.2. The van der Waals surface area contributed by atoms with Crippen molar-refractivity contribution in [1.82, 2.24) is 24.1 Å². The smallest absolute Gasteiger partial charge is 0.280 e. The van der Waals surface area contributed by atoms with Gasteiger partial charge in [-0.2, -0.15) is 0 Å². The Balaban J connectivity index is 1.70. The summed E-state index contributed by atoms with van der Waals surface area (Å²) < 4.78 is 2.52. The van der Waals surface area contributed by atoms with Crippen LogP contribution < -0.4 is 11.2 Å². The number of benzene rings is 1. The molecule has 0 radical (unpaired) electrons. The van der Waals surface area contributed by atoms with Gasteiger partial charge in [-0.15, -0.1) is 11.3 Å². The second-order valence-corrected chi connectivity index (χ2v) is 10.6. The molecule has 0 saturated heterocycles. The highest BCUT2D eigenvalue weighted by Gasteiger charge is 2.23. The number of thioether (sulfide) groups is 1. The molecule has 0 amide bonds. The zero-order valence-corrected chi connectivity index (χ0v) is 20.4. The van der Waals surface area contributed by atoms with Gasteiger partial charge in [0.15, 0.2) is 5.65 Å². The molecule has 0 saturated carbocycles. The predicted molar refractivity (Wildman–Crippen MR) is 130 cm³/mol. The Hall–Kier alpha value is -2.78. The van der Waals surface area contributed by atoms with Crippen LogP contribution >= 0.6 is 23.1 Å². The molecule has 0 aliphatic rings. The van der Waals surface area contributed by atoms with Crippen LogP contribution in [-0.2, 0) is 31.7 Å². The average molecular weight is 468 g/mol. The second kappa shape index (κ2) is 8.63. The van der Waals surface area contributed by atoms with E-state index in [2.05, 4.69) is 17.1 Å². The SMILES string of the molecule is Cn1c(=O)c2c(SCc3csc(Cc4ccccc4)n3)nc(C(C)(C)C)nc2n(C)c1=O. The van der Waals surface area contributed by atoms with Crippen molar-refractivity contribution in [2.24, 2.45) is 14.1 Å². The van der Waals surface area contributed by atoms with Gasteiger partial charge in [-0.3, -0.25) is 13.9 Å². The molecule has 4 aromatic rings. The minimum absolute atomic E-state index is 0.329. The summed E-state index contributed by atoms with van der Waals surface area (Å²) in [7, 11) is 3.11. The maximum absolute atomic E-state index is 12.9. The molecule has 0 N–H and O–H groups in total. The number of hydrogen-bond donors (Lipinski definition) is 0. The molecule has 3 aromatic heterocycles. The van der Waals surface area contributed by atoms with Crippen molar-refractivity contribution in [3.63, 3.8) is 0 Å². The number of thiazole rings is 1. The van der Waals surface area contributed by atoms with E-state index < -0.39 is 5.69 Å². The standard InChI is InChI=1S/C23H25N5O2S2/c1-23(2,3)21-25-18-17(20(29)28(5)22(30)27(18)4)19(26-21)32-13-15-12-31-16(24-15)11-14-9-7-6-8-10-14/h6-10,12H,11,13H2,1-5H3. The lowest BCUT2D eigenvalue weighted by Crippen LogP contribution is -2.38. The third-order valence-electron chi connectivity index (χ3n) is 5.09. The summed E-state index contributed by atoms with van der Waals surface area (Å²) >= 11 is 3.09. The lowest BCUT2D eigenvalue weighted by Gasteiger charge is -2.19. The van der Waals surface area contributed by atoms with Gasteiger partial charge in [0.05, 0.1) is 10.7 Å². The van der Waals surface area contributed by atoms with Crippen LogP contribution in [0.5, 0.6) is 0 Å². The third kappa shape index (κ3) is 4.40. The molecule has 32 heavy (non-hydrogen) atoms. The van der Waals surface area contributed by atoms with Crippen molar-refractivity contribution in [3.8, 4) is 0 Å². The van der Waals surface area contributed by atoms with Crippen LogP contribution in [-0.4, -0.2) is 24.1 Å². The van der Waals surface area contributed by atoms with E-state index in [1.165, 1.54) is 28.9 Å². The molecule has 0 fully saturated rings. The summed E-state index contributed by atoms with van der Waals surface area (Å²) in [6, 6.07) is 10.3. The van der Waals surface area contributed by atoms with Crippen LogP contribution in [0, 0.1) is 0 Å². The molecule has 0 unspecified atom stereocenters. The van der Waals surface area contributed by atoms with Crippen LogP contribution in [0.2, 0.25) is 0 Å². The number of fused-ring (bicyclic) bond motifs is 1. The lowest BCUT2D eigenvalue weighted by atomic mass is 9.96. The summed E-state index contributed by atoms with van der Waals surface area (Å²) in [6.07, 6.45) is 0.795. The lowest BCUT2D eigenvalue weighted by molar-refractivity contribution is 0.539. The first-order chi connectivity index (χ1) is 15.1. The molecule has 0 bridgehead atoms. The molecule has 0 atom stereocenters. The van der Waals surface area contributed by atoms with Gasteiger partial charge in [0.2, 0.25) is 0 Å². The molecular formula is C23H25N5O2S2. The molecule has 0 aliphatic heterocycles. The maximum Gasteiger partial charge on any atom is 0.332 e. The Morgan fingerprint density at radius 2 is 1.72 bits per heavy atom. The molecule has 3 heterocycles. The molecule has 9 heteroatoms. The first-order valence-corrected chi connectivity index (χ1v) is 12.1. The number of aromatic nitrogens is 5. The number of nitrogens with zero attached hydrogens (tertiary/aromatic N) is 5. The van der Waals surface area contributed by atoms with Crippen LogP contribution in [0.25, 0.3) is 11.0 Å². The summed E-state index contributed by atoms with van der Waals surface area (Å²) in [5.41, 5.74) is 1.42. The van der Waals surface area contributed by atoms with E-state index in [4.69, 9.17) is 9.97 Å². The quantitative estimate of drug-likeness (QED) is 0.329. The van der Waals surface area contributed by atoms with E-state index in [1.54, 1.807) is 18.4 Å². The number of rotatable bonds is 5. The highest BCUT2D eigenvalue weighted by molar-refractivity contribution is 7.98. The number of aryl methyl sites for hydroxylation is 1. The van der Waals surface area contributed by atoms with Crippen molar-refractivity contribution in [3.05, 3.63) is 78.6 Å². The van der Waals surface area contributed by atoms with Gasteiger partial charge in [0.25, 0.3) is 5.56 Å². The third-order valence-corrected chi connectivity index (χ3v) is 7.00. The molecule has 7 nitrogen and oxygen atoms in total. The van der Waals surface area contributed by atoms with Crippen molar-refractivity contribution in [2.75, 3.05) is 0 Å². The molecule has 1 aromatic carbocycles. The van der Waals surface area contributed by atoms with Crippen LogP contribution in [0.4, 0.5) is 0 Å². The minimum atomic E-state index is -0.401. The summed E-state index contributed by atoms with van der Waals surface area (Å²) in [6.45, 7) is 6.04. The largest absolute Gasteiger partial charge is 0.332 e. The molecular weight excluding hydrogens is 442 g/mol. The first kappa shape index (κ1) is 22.4. The Morgan fingerprint density at radius 1 is 1.00 bits per heavy atom. The van der Waals surface area contributed by atoms with Crippen LogP contribution in [0.3, 0.4) is 0 Å². The van der Waals surface area contributed by atoms with E-state index >= 15 is 0 Å². The van der Waals surface area contributed by atoms with Gasteiger partial charge in [-0.05, 0) is 5.56 Å². The van der Waals surface area contributed by atoms with E-state index in [9.17, 15) is 9.59 Å². The fraction of sp³-hybridized carbons (Fsp3) is 0.348. The van der Waals surface area contributed by atoms with Crippen molar-refractivity contribution < 1.29 is 0 Å². The highest BCUT2D eigenvalue weighted by Crippen LogP contribution is 2.29. The van der Waals surface area contributed by atoms with Gasteiger partial charge in [-0.1, -0.05) is 62.9 Å². The predicted octanol–water partition coefficient (Wildman–Crippen LogP) is 3.66. The molecule has 166 valence electrons. The zero-order chi connectivity index (χ0) is 23.0. The molecule has 4 rings (SSSR count). The van der Waals surface area contributed by atoms with Crippen molar-refractivity contribution in [1.29, 1.82) is 0 Å². The van der Waals surface area contributed by atoms with Gasteiger partial charge in [0.1, 0.15) is 16.2 Å². The summed E-state index contributed by atoms with van der Waals surface area (Å²) in [5, 5.41) is 4.04. The number of hydrogen-bond acceptors (Lipinski definition) is 7. The van der Waals surface area contributed by atoms with E-state index in [-0.39, 0.29) is 11.0 Å². The summed E-state index contributed by atoms with van der Waals surface area (Å²) in [5.74, 6) is 1.17. The van der Waals surface area contributed by atoms with Gasteiger partial charge in [-0.25, -0.2) is 19.7 Å². The monoisotopic (exact) mass is 467 g/mol. The normalized spacial score (nSPS) is 11.9. The van der Waals surface area contributed by atoms with Crippen molar-refractivity contribution in [2.45, 2.75) is 43.4 Å². The van der Waals surface area contributed by atoms with Crippen molar-refractivity contribution >= 4 is 34.1 Å². The summed E-state index contributed by atoms with van der Waals surface area (Å²) in [4.78, 5) is 39.5. The van der Waals surface area contributed by atoms with Gasteiger partial charge < -0.3 is 0 Å². The molecule has 0 spiro atoms. The van der Waals surface area contributed by atoms with Gasteiger partial charge in [0, 0.05) is 37.1 Å². The Kier molecular flexibility index (Phi) is 6.05. The Labute approximate surface area is 194 Å². The van der Waals surface area contributed by atoms with Crippen LogP contribution in [0.15, 0.2) is 50.3 Å².